The highest BCUT2D eigenvalue weighted by molar-refractivity contribution is 7.91. The first kappa shape index (κ1) is 22.6. The molecule has 1 heterocycles. The number of ether oxygens (including phenoxy) is 2. The van der Waals surface area contributed by atoms with E-state index < -0.39 is 14.9 Å². The van der Waals surface area contributed by atoms with Gasteiger partial charge in [0.25, 0.3) is 10.0 Å². The standard InChI is InChI=1S/C18H23N3O6S2/c1-3-4-5-6-9-27-18-15(21(22)23)11-14(12-16(18)26-2)13-19-20-29(24,25)17-8-7-10-28-17/h7-8,10-13,20H,3-6,9H2,1-2H3/b19-13+. The van der Waals surface area contributed by atoms with Gasteiger partial charge in [0.1, 0.15) is 4.21 Å². The molecule has 2 aromatic rings. The number of thiophene rings is 1. The maximum Gasteiger partial charge on any atom is 0.315 e. The molecule has 2 rings (SSSR count). The van der Waals surface area contributed by atoms with E-state index in [2.05, 4.69) is 16.9 Å². The summed E-state index contributed by atoms with van der Waals surface area (Å²) in [5.74, 6) is 0.225. The predicted octanol–water partition coefficient (Wildman–Crippen LogP) is 3.94. The molecule has 1 N–H and O–H groups in total. The summed E-state index contributed by atoms with van der Waals surface area (Å²) in [7, 11) is -2.40. The van der Waals surface area contributed by atoms with Crippen LogP contribution in [-0.4, -0.2) is 33.3 Å². The van der Waals surface area contributed by atoms with Gasteiger partial charge in [-0.3, -0.25) is 10.1 Å². The summed E-state index contributed by atoms with van der Waals surface area (Å²) < 4.78 is 35.1. The molecule has 0 fully saturated rings. The fourth-order valence-corrected chi connectivity index (χ4v) is 4.22. The highest BCUT2D eigenvalue weighted by atomic mass is 32.2. The van der Waals surface area contributed by atoms with Gasteiger partial charge in [0, 0.05) is 11.6 Å². The van der Waals surface area contributed by atoms with E-state index in [-0.39, 0.29) is 21.4 Å². The monoisotopic (exact) mass is 441 g/mol. The average Bonchev–Trinajstić information content (AvgIpc) is 3.23. The molecule has 0 spiro atoms. The Morgan fingerprint density at radius 3 is 2.72 bits per heavy atom. The molecule has 11 heteroatoms. The van der Waals surface area contributed by atoms with Crippen LogP contribution in [0.3, 0.4) is 0 Å². The number of rotatable bonds is 12. The number of nitro groups is 1. The predicted molar refractivity (Wildman–Crippen MR) is 112 cm³/mol. The average molecular weight is 442 g/mol. The number of benzene rings is 1. The summed E-state index contributed by atoms with van der Waals surface area (Å²) in [6.45, 7) is 2.43. The van der Waals surface area contributed by atoms with E-state index in [1.807, 2.05) is 0 Å². The number of hydrogen-bond donors (Lipinski definition) is 1. The van der Waals surface area contributed by atoms with Crippen LogP contribution >= 0.6 is 11.3 Å². The molecule has 9 nitrogen and oxygen atoms in total. The van der Waals surface area contributed by atoms with E-state index in [1.165, 1.54) is 31.5 Å². The zero-order chi connectivity index (χ0) is 21.3. The summed E-state index contributed by atoms with van der Waals surface area (Å²) in [6, 6.07) is 5.81. The van der Waals surface area contributed by atoms with Crippen molar-refractivity contribution in [2.45, 2.75) is 36.8 Å². The Morgan fingerprint density at radius 1 is 1.31 bits per heavy atom. The second-order valence-corrected chi connectivity index (χ2v) is 8.86. The van der Waals surface area contributed by atoms with Crippen LogP contribution in [0.2, 0.25) is 0 Å². The number of nitrogens with zero attached hydrogens (tertiary/aromatic N) is 2. The van der Waals surface area contributed by atoms with E-state index in [0.717, 1.165) is 37.0 Å². The van der Waals surface area contributed by atoms with Crippen LogP contribution < -0.4 is 14.3 Å². The van der Waals surface area contributed by atoms with Crippen LogP contribution in [0.25, 0.3) is 0 Å². The number of sulfonamides is 1. The molecule has 0 aliphatic carbocycles. The van der Waals surface area contributed by atoms with Gasteiger partial charge in [0.05, 0.1) is 24.9 Å². The Balaban J connectivity index is 2.18. The highest BCUT2D eigenvalue weighted by Crippen LogP contribution is 2.38. The maximum absolute atomic E-state index is 12.1. The van der Waals surface area contributed by atoms with E-state index in [0.29, 0.717) is 12.2 Å². The third-order valence-corrected chi connectivity index (χ3v) is 6.49. The van der Waals surface area contributed by atoms with E-state index in [1.54, 1.807) is 11.4 Å². The normalized spacial score (nSPS) is 11.5. The zero-order valence-corrected chi connectivity index (χ0v) is 17.8. The summed E-state index contributed by atoms with van der Waals surface area (Å²) in [6.07, 6.45) is 5.07. The van der Waals surface area contributed by atoms with Crippen LogP contribution in [0.5, 0.6) is 11.5 Å². The quantitative estimate of drug-likeness (QED) is 0.231. The van der Waals surface area contributed by atoms with Gasteiger partial charge in [0.15, 0.2) is 5.75 Å². The lowest BCUT2D eigenvalue weighted by Gasteiger charge is -2.12. The number of unbranched alkanes of at least 4 members (excludes halogenated alkanes) is 3. The lowest BCUT2D eigenvalue weighted by atomic mass is 10.1. The molecule has 29 heavy (non-hydrogen) atoms. The second kappa shape index (κ2) is 10.8. The molecule has 158 valence electrons. The molecule has 0 aliphatic heterocycles. The van der Waals surface area contributed by atoms with E-state index in [9.17, 15) is 18.5 Å². The highest BCUT2D eigenvalue weighted by Gasteiger charge is 2.22. The largest absolute Gasteiger partial charge is 0.493 e. The molecule has 0 saturated carbocycles. The minimum atomic E-state index is -3.78. The van der Waals surface area contributed by atoms with Gasteiger partial charge in [-0.2, -0.15) is 18.4 Å². The van der Waals surface area contributed by atoms with Crippen LogP contribution in [-0.2, 0) is 10.0 Å². The van der Waals surface area contributed by atoms with E-state index >= 15 is 0 Å². The van der Waals surface area contributed by atoms with Crippen molar-refractivity contribution in [2.75, 3.05) is 13.7 Å². The third kappa shape index (κ3) is 6.43. The van der Waals surface area contributed by atoms with Crippen LogP contribution in [0, 0.1) is 10.1 Å². The lowest BCUT2D eigenvalue weighted by Crippen LogP contribution is -2.17. The van der Waals surface area contributed by atoms with Gasteiger partial charge < -0.3 is 9.47 Å². The molecule has 0 saturated heterocycles. The van der Waals surface area contributed by atoms with Crippen molar-refractivity contribution in [1.29, 1.82) is 0 Å². The summed E-state index contributed by atoms with van der Waals surface area (Å²) in [5, 5.41) is 16.8. The molecule has 0 radical (unpaired) electrons. The van der Waals surface area contributed by atoms with Crippen molar-refractivity contribution < 1.29 is 22.8 Å². The minimum absolute atomic E-state index is 0.0466. The fourth-order valence-electron chi connectivity index (χ4n) is 2.45. The van der Waals surface area contributed by atoms with Crippen molar-refractivity contribution in [3.05, 3.63) is 45.3 Å². The van der Waals surface area contributed by atoms with Crippen LogP contribution in [0.1, 0.15) is 38.2 Å². The van der Waals surface area contributed by atoms with Crippen molar-refractivity contribution in [3.8, 4) is 11.5 Å². The molecular weight excluding hydrogens is 418 g/mol. The first-order valence-electron chi connectivity index (χ1n) is 8.96. The Morgan fingerprint density at radius 2 is 2.10 bits per heavy atom. The number of hydrazone groups is 1. The molecular formula is C18H23N3O6S2. The number of nitrogens with one attached hydrogen (secondary N) is 1. The van der Waals surface area contributed by atoms with Crippen LogP contribution in [0.4, 0.5) is 5.69 Å². The topological polar surface area (TPSA) is 120 Å². The summed E-state index contributed by atoms with van der Waals surface area (Å²) >= 11 is 1.05. The fraction of sp³-hybridized carbons (Fsp3) is 0.389. The second-order valence-electron chi connectivity index (χ2n) is 6.02. The third-order valence-electron chi connectivity index (χ3n) is 3.86. The number of hydrogen-bond acceptors (Lipinski definition) is 8. The Hall–Kier alpha value is -2.66. The van der Waals surface area contributed by atoms with Gasteiger partial charge in [-0.25, -0.2) is 0 Å². The molecule has 1 aromatic carbocycles. The molecule has 0 amide bonds. The van der Waals surface area contributed by atoms with Gasteiger partial charge >= 0.3 is 5.69 Å². The molecule has 0 unspecified atom stereocenters. The molecule has 1 aromatic heterocycles. The number of methoxy groups -OCH3 is 1. The Kier molecular flexibility index (Phi) is 8.40. The molecule has 0 atom stereocenters. The number of nitro benzene ring substituents is 1. The van der Waals surface area contributed by atoms with Gasteiger partial charge in [-0.05, 0) is 23.9 Å². The van der Waals surface area contributed by atoms with Crippen molar-refractivity contribution in [3.63, 3.8) is 0 Å². The summed E-state index contributed by atoms with van der Waals surface area (Å²) in [4.78, 5) is 13.0. The molecule has 0 bridgehead atoms. The van der Waals surface area contributed by atoms with Gasteiger partial charge in [0.2, 0.25) is 5.75 Å². The van der Waals surface area contributed by atoms with E-state index in [4.69, 9.17) is 9.47 Å². The van der Waals surface area contributed by atoms with Crippen molar-refractivity contribution in [1.82, 2.24) is 4.83 Å². The lowest BCUT2D eigenvalue weighted by molar-refractivity contribution is -0.386. The van der Waals surface area contributed by atoms with Crippen LogP contribution in [0.15, 0.2) is 39.0 Å². The first-order chi connectivity index (χ1) is 13.9. The smallest absolute Gasteiger partial charge is 0.315 e. The van der Waals surface area contributed by atoms with Gasteiger partial charge in [-0.1, -0.05) is 32.3 Å². The minimum Gasteiger partial charge on any atom is -0.493 e. The maximum atomic E-state index is 12.1. The Bertz CT molecular complexity index is 943. The van der Waals surface area contributed by atoms with Crippen molar-refractivity contribution >= 4 is 33.3 Å². The molecule has 0 aliphatic rings. The summed E-state index contributed by atoms with van der Waals surface area (Å²) in [5.41, 5.74) is 0.0168. The first-order valence-corrected chi connectivity index (χ1v) is 11.3. The van der Waals surface area contributed by atoms with Gasteiger partial charge in [-0.15, -0.1) is 11.3 Å². The van der Waals surface area contributed by atoms with Crippen molar-refractivity contribution in [2.24, 2.45) is 5.10 Å². The Labute approximate surface area is 173 Å². The zero-order valence-electron chi connectivity index (χ0n) is 16.2. The SMILES string of the molecule is CCCCCCOc1c(OC)cc(/C=N/NS(=O)(=O)c2cccs2)cc1[N+](=O)[O-].